The van der Waals surface area contributed by atoms with Gasteiger partial charge in [-0.05, 0) is 47.5 Å². The van der Waals surface area contributed by atoms with Crippen molar-refractivity contribution in [3.8, 4) is 5.75 Å². The molecule has 1 unspecified atom stereocenters. The van der Waals surface area contributed by atoms with Gasteiger partial charge < -0.3 is 9.84 Å². The Morgan fingerprint density at radius 2 is 1.94 bits per heavy atom. The summed E-state index contributed by atoms with van der Waals surface area (Å²) >= 11 is 1.31. The fourth-order valence-electron chi connectivity index (χ4n) is 3.87. The molecule has 0 spiro atoms. The predicted octanol–water partition coefficient (Wildman–Crippen LogP) is 5.88. The molecule has 0 radical (unpaired) electrons. The highest BCUT2D eigenvalue weighted by atomic mass is 32.2. The average Bonchev–Trinajstić information content (AvgIpc) is 2.98. The van der Waals surface area contributed by atoms with Crippen LogP contribution in [0.2, 0.25) is 0 Å². The zero-order chi connectivity index (χ0) is 23.7. The average molecular weight is 477 g/mol. The number of halogens is 2. The number of thioether (sulfide) groups is 1. The standard InChI is InChI=1S/C26H18F2N2O3S/c27-20-11-16-5-7-17(30-22(16)12-21(20)28)6-3-15-4-8-24-19(10-15)26(34-14-25(31)32)18-2-1-9-29-23(18)13-33-24/h1-12,26H,13-14H2,(H,31,32)/b6-3+. The number of aliphatic carboxylic acids is 1. The van der Waals surface area contributed by atoms with E-state index in [4.69, 9.17) is 4.74 Å². The Bertz CT molecular complexity index is 1440. The van der Waals surface area contributed by atoms with Crippen molar-refractivity contribution >= 4 is 40.8 Å². The lowest BCUT2D eigenvalue weighted by Gasteiger charge is -2.18. The van der Waals surface area contributed by atoms with Crippen molar-refractivity contribution < 1.29 is 23.4 Å². The smallest absolute Gasteiger partial charge is 0.313 e. The first-order valence-corrected chi connectivity index (χ1v) is 11.5. The van der Waals surface area contributed by atoms with Gasteiger partial charge in [0.05, 0.1) is 27.9 Å². The van der Waals surface area contributed by atoms with Crippen molar-refractivity contribution in [3.63, 3.8) is 0 Å². The van der Waals surface area contributed by atoms with E-state index in [1.807, 2.05) is 36.4 Å². The third-order valence-electron chi connectivity index (χ3n) is 5.46. The molecule has 5 rings (SSSR count). The van der Waals surface area contributed by atoms with Gasteiger partial charge in [-0.2, -0.15) is 0 Å². The normalized spacial score (nSPS) is 14.9. The Hall–Kier alpha value is -3.78. The summed E-state index contributed by atoms with van der Waals surface area (Å²) in [6.07, 6.45) is 5.35. The molecule has 0 bridgehead atoms. The summed E-state index contributed by atoms with van der Waals surface area (Å²) in [7, 11) is 0. The first kappa shape index (κ1) is 22.0. The van der Waals surface area contributed by atoms with Gasteiger partial charge in [0.25, 0.3) is 0 Å². The number of pyridine rings is 2. The molecule has 0 saturated heterocycles. The molecule has 0 aliphatic carbocycles. The van der Waals surface area contributed by atoms with Crippen molar-refractivity contribution in [2.75, 3.05) is 5.75 Å². The lowest BCUT2D eigenvalue weighted by Crippen LogP contribution is -2.06. The Kier molecular flexibility index (Phi) is 5.98. The zero-order valence-electron chi connectivity index (χ0n) is 17.7. The Balaban J connectivity index is 1.49. The number of carboxylic acid groups (broad SMARTS) is 1. The molecule has 1 N–H and O–H groups in total. The molecule has 2 aromatic heterocycles. The number of ether oxygens (including phenoxy) is 1. The van der Waals surface area contributed by atoms with E-state index in [0.717, 1.165) is 34.5 Å². The summed E-state index contributed by atoms with van der Waals surface area (Å²) in [5.74, 6) is -2.11. The number of carboxylic acids is 1. The van der Waals surface area contributed by atoms with E-state index in [1.165, 1.54) is 11.8 Å². The number of benzene rings is 2. The molecule has 0 fully saturated rings. The molecule has 1 aliphatic heterocycles. The molecule has 5 nitrogen and oxygen atoms in total. The molecule has 3 heterocycles. The second-order valence-electron chi connectivity index (χ2n) is 7.74. The van der Waals surface area contributed by atoms with E-state index in [2.05, 4.69) is 9.97 Å². The molecule has 4 aromatic rings. The summed E-state index contributed by atoms with van der Waals surface area (Å²) in [5.41, 5.74) is 4.40. The topological polar surface area (TPSA) is 72.3 Å². The molecule has 34 heavy (non-hydrogen) atoms. The fraction of sp³-hybridized carbons (Fsp3) is 0.115. The minimum atomic E-state index is -0.938. The third kappa shape index (κ3) is 4.49. The van der Waals surface area contributed by atoms with Crippen LogP contribution >= 0.6 is 11.8 Å². The van der Waals surface area contributed by atoms with E-state index in [9.17, 15) is 18.7 Å². The van der Waals surface area contributed by atoms with Crippen LogP contribution in [0.5, 0.6) is 5.75 Å². The van der Waals surface area contributed by atoms with Gasteiger partial charge in [0.15, 0.2) is 11.6 Å². The van der Waals surface area contributed by atoms with Crippen molar-refractivity contribution in [2.45, 2.75) is 11.9 Å². The van der Waals surface area contributed by atoms with E-state index >= 15 is 0 Å². The van der Waals surface area contributed by atoms with Crippen molar-refractivity contribution in [1.82, 2.24) is 9.97 Å². The first-order valence-electron chi connectivity index (χ1n) is 10.5. The predicted molar refractivity (Wildman–Crippen MR) is 128 cm³/mol. The van der Waals surface area contributed by atoms with Gasteiger partial charge >= 0.3 is 5.97 Å². The zero-order valence-corrected chi connectivity index (χ0v) is 18.6. The number of carbonyl (C=O) groups is 1. The number of nitrogens with zero attached hydrogens (tertiary/aromatic N) is 2. The first-order chi connectivity index (χ1) is 16.5. The van der Waals surface area contributed by atoms with E-state index in [1.54, 1.807) is 24.4 Å². The second-order valence-corrected chi connectivity index (χ2v) is 8.83. The SMILES string of the molecule is O=C(O)CSC1c2cc(/C=C/c3ccc4cc(F)c(F)cc4n3)ccc2OCc2ncccc21. The van der Waals surface area contributed by atoms with Gasteiger partial charge in [-0.1, -0.05) is 24.3 Å². The minimum absolute atomic E-state index is 0.0589. The molecule has 1 aliphatic rings. The van der Waals surface area contributed by atoms with Gasteiger partial charge in [0.1, 0.15) is 12.4 Å². The van der Waals surface area contributed by atoms with Gasteiger partial charge in [-0.3, -0.25) is 9.78 Å². The molecule has 170 valence electrons. The summed E-state index contributed by atoms with van der Waals surface area (Å²) in [5, 5.41) is 9.52. The second kappa shape index (κ2) is 9.23. The van der Waals surface area contributed by atoms with Crippen molar-refractivity contribution in [1.29, 1.82) is 0 Å². The highest BCUT2D eigenvalue weighted by Gasteiger charge is 2.26. The largest absolute Gasteiger partial charge is 0.487 e. The molecular weight excluding hydrogens is 458 g/mol. The summed E-state index contributed by atoms with van der Waals surface area (Å²) in [4.78, 5) is 20.1. The van der Waals surface area contributed by atoms with Crippen LogP contribution in [0.25, 0.3) is 23.1 Å². The highest BCUT2D eigenvalue weighted by molar-refractivity contribution is 8.00. The number of hydrogen-bond acceptors (Lipinski definition) is 5. The fourth-order valence-corrected chi connectivity index (χ4v) is 4.94. The minimum Gasteiger partial charge on any atom is -0.487 e. The van der Waals surface area contributed by atoms with Crippen LogP contribution in [0.3, 0.4) is 0 Å². The summed E-state index contributed by atoms with van der Waals surface area (Å²) in [6, 6.07) is 15.1. The van der Waals surface area contributed by atoms with E-state index < -0.39 is 17.6 Å². The van der Waals surface area contributed by atoms with Crippen LogP contribution in [-0.2, 0) is 11.4 Å². The molecule has 0 amide bonds. The van der Waals surface area contributed by atoms with Crippen LogP contribution < -0.4 is 4.74 Å². The van der Waals surface area contributed by atoms with E-state index in [-0.39, 0.29) is 11.0 Å². The summed E-state index contributed by atoms with van der Waals surface area (Å²) < 4.78 is 33.0. The van der Waals surface area contributed by atoms with Gasteiger partial charge in [0, 0.05) is 23.2 Å². The number of fused-ring (bicyclic) bond motifs is 3. The maximum atomic E-state index is 13.6. The van der Waals surface area contributed by atoms with Crippen LogP contribution in [0, 0.1) is 11.6 Å². The number of aromatic nitrogens is 2. The highest BCUT2D eigenvalue weighted by Crippen LogP contribution is 2.44. The van der Waals surface area contributed by atoms with Gasteiger partial charge in [-0.15, -0.1) is 11.8 Å². The molecule has 8 heteroatoms. The molecular formula is C26H18F2N2O3S. The van der Waals surface area contributed by atoms with E-state index in [0.29, 0.717) is 29.0 Å². The van der Waals surface area contributed by atoms with Gasteiger partial charge in [-0.25, -0.2) is 13.8 Å². The van der Waals surface area contributed by atoms with Crippen molar-refractivity contribution in [2.24, 2.45) is 0 Å². The van der Waals surface area contributed by atoms with Crippen LogP contribution in [0.4, 0.5) is 8.78 Å². The maximum absolute atomic E-state index is 13.6. The lowest BCUT2D eigenvalue weighted by molar-refractivity contribution is -0.133. The number of rotatable bonds is 5. The van der Waals surface area contributed by atoms with Crippen molar-refractivity contribution in [3.05, 3.63) is 101 Å². The Labute approximate surface area is 198 Å². The van der Waals surface area contributed by atoms with Crippen LogP contribution in [0.15, 0.2) is 60.8 Å². The van der Waals surface area contributed by atoms with Crippen LogP contribution in [-0.4, -0.2) is 26.8 Å². The molecule has 0 saturated carbocycles. The lowest BCUT2D eigenvalue weighted by atomic mass is 10.0. The quantitative estimate of drug-likeness (QED) is 0.388. The summed E-state index contributed by atoms with van der Waals surface area (Å²) in [6.45, 7) is 0.306. The molecule has 1 atom stereocenters. The monoisotopic (exact) mass is 476 g/mol. The third-order valence-corrected chi connectivity index (χ3v) is 6.72. The number of hydrogen-bond donors (Lipinski definition) is 1. The Morgan fingerprint density at radius 3 is 2.79 bits per heavy atom. The molecule has 2 aromatic carbocycles. The van der Waals surface area contributed by atoms with Gasteiger partial charge in [0.2, 0.25) is 0 Å². The Morgan fingerprint density at radius 1 is 1.09 bits per heavy atom. The van der Waals surface area contributed by atoms with Crippen LogP contribution in [0.1, 0.15) is 33.3 Å². The maximum Gasteiger partial charge on any atom is 0.313 e.